The molecule has 3 aromatic rings. The predicted molar refractivity (Wildman–Crippen MR) is 157 cm³/mol. The summed E-state index contributed by atoms with van der Waals surface area (Å²) in [5, 5.41) is 6.81. The normalized spacial score (nSPS) is 14.9. The van der Waals surface area contributed by atoms with E-state index in [1.165, 1.54) is 44.3 Å². The summed E-state index contributed by atoms with van der Waals surface area (Å²) in [5.41, 5.74) is 7.99. The number of nitrogens with zero attached hydrogens (tertiary/aromatic N) is 2. The molecule has 0 saturated heterocycles. The van der Waals surface area contributed by atoms with Crippen LogP contribution in [0, 0.1) is 6.92 Å². The summed E-state index contributed by atoms with van der Waals surface area (Å²) in [6.45, 7) is 7.63. The number of benzene rings is 2. The molecule has 1 aromatic heterocycles. The molecule has 0 radical (unpaired) electrons. The number of nitrogens with one attached hydrogen (secondary N) is 3. The van der Waals surface area contributed by atoms with Gasteiger partial charge in [-0.1, -0.05) is 19.4 Å². The van der Waals surface area contributed by atoms with Gasteiger partial charge in [0.2, 0.25) is 0 Å². The number of ether oxygens (including phenoxy) is 1. The van der Waals surface area contributed by atoms with Crippen molar-refractivity contribution in [3.63, 3.8) is 0 Å². The van der Waals surface area contributed by atoms with E-state index >= 15 is 0 Å². The molecular weight excluding hydrogens is 490 g/mol. The fourth-order valence-corrected chi connectivity index (χ4v) is 5.60. The van der Waals surface area contributed by atoms with Gasteiger partial charge < -0.3 is 15.4 Å². The van der Waals surface area contributed by atoms with Gasteiger partial charge in [-0.05, 0) is 98.2 Å². The number of anilines is 3. The van der Waals surface area contributed by atoms with Gasteiger partial charge in [0.15, 0.2) is 0 Å². The highest BCUT2D eigenvalue weighted by Gasteiger charge is 2.24. The molecule has 0 amide bonds. The Hall–Kier alpha value is -3.78. The van der Waals surface area contributed by atoms with E-state index in [0.29, 0.717) is 12.4 Å². The minimum atomic E-state index is -0.371. The van der Waals surface area contributed by atoms with E-state index in [1.54, 1.807) is 7.11 Å². The number of fused-ring (bicyclic) bond motifs is 1. The Morgan fingerprint density at radius 3 is 2.67 bits per heavy atom. The number of aromatic amines is 1. The van der Waals surface area contributed by atoms with Crippen molar-refractivity contribution >= 4 is 17.2 Å². The summed E-state index contributed by atoms with van der Waals surface area (Å²) >= 11 is 0. The van der Waals surface area contributed by atoms with Crippen molar-refractivity contribution in [2.24, 2.45) is 0 Å². The first kappa shape index (κ1) is 26.8. The summed E-state index contributed by atoms with van der Waals surface area (Å²) in [6.07, 6.45) is 5.79. The first-order valence-electron chi connectivity index (χ1n) is 14.0. The molecule has 39 heavy (non-hydrogen) atoms. The van der Waals surface area contributed by atoms with Crippen LogP contribution in [0.15, 0.2) is 63.3 Å². The molecule has 0 spiro atoms. The third-order valence-electron chi connectivity index (χ3n) is 7.93. The number of H-pyrrole nitrogens is 1. The summed E-state index contributed by atoms with van der Waals surface area (Å²) in [5.74, 6) is 1.32. The molecule has 3 N–H and O–H groups in total. The Kier molecular flexibility index (Phi) is 8.21. The molecule has 0 unspecified atom stereocenters. The lowest BCUT2D eigenvalue weighted by molar-refractivity contribution is 0.276. The molecule has 0 saturated carbocycles. The Morgan fingerprint density at radius 2 is 1.87 bits per heavy atom. The Morgan fingerprint density at radius 1 is 1.03 bits per heavy atom. The SMILES string of the molecule is CCc1cc(Nc2cc(=O)n(CCCCCN3CCC4=C(C3)Nc3ccc(OC)cc3C4)c(=O)[nH]2)ccc1C. The summed E-state index contributed by atoms with van der Waals surface area (Å²) in [7, 11) is 1.71. The van der Waals surface area contributed by atoms with Crippen molar-refractivity contribution in [3.05, 3.63) is 91.3 Å². The van der Waals surface area contributed by atoms with E-state index in [-0.39, 0.29) is 11.2 Å². The zero-order chi connectivity index (χ0) is 27.4. The largest absolute Gasteiger partial charge is 0.497 e. The van der Waals surface area contributed by atoms with Gasteiger partial charge in [-0.25, -0.2) is 4.79 Å². The van der Waals surface area contributed by atoms with Gasteiger partial charge in [-0.2, -0.15) is 0 Å². The molecule has 2 aliphatic heterocycles. The molecule has 0 atom stereocenters. The molecule has 0 bridgehead atoms. The average molecular weight is 530 g/mol. The van der Waals surface area contributed by atoms with Crippen molar-refractivity contribution < 1.29 is 4.74 Å². The third-order valence-corrected chi connectivity index (χ3v) is 7.93. The van der Waals surface area contributed by atoms with Crippen LogP contribution >= 0.6 is 0 Å². The van der Waals surface area contributed by atoms with E-state index < -0.39 is 0 Å². The van der Waals surface area contributed by atoms with E-state index in [2.05, 4.69) is 52.6 Å². The smallest absolute Gasteiger partial charge is 0.329 e. The number of aryl methyl sites for hydroxylation is 2. The van der Waals surface area contributed by atoms with Crippen LogP contribution in [0.1, 0.15) is 49.3 Å². The van der Waals surface area contributed by atoms with Crippen LogP contribution in [0.4, 0.5) is 17.2 Å². The molecule has 8 nitrogen and oxygen atoms in total. The van der Waals surface area contributed by atoms with Crippen LogP contribution in [-0.4, -0.2) is 41.2 Å². The summed E-state index contributed by atoms with van der Waals surface area (Å²) in [4.78, 5) is 30.6. The fourth-order valence-electron chi connectivity index (χ4n) is 5.60. The van der Waals surface area contributed by atoms with E-state index in [1.807, 2.05) is 18.2 Å². The van der Waals surface area contributed by atoms with Crippen LogP contribution in [0.3, 0.4) is 0 Å². The second-order valence-electron chi connectivity index (χ2n) is 10.6. The van der Waals surface area contributed by atoms with Gasteiger partial charge in [0.05, 0.1) is 7.11 Å². The molecule has 2 aliphatic rings. The van der Waals surface area contributed by atoms with Gasteiger partial charge in [0.25, 0.3) is 5.56 Å². The van der Waals surface area contributed by atoms with Gasteiger partial charge >= 0.3 is 5.69 Å². The van der Waals surface area contributed by atoms with E-state index in [9.17, 15) is 9.59 Å². The van der Waals surface area contributed by atoms with Crippen LogP contribution in [0.25, 0.3) is 0 Å². The average Bonchev–Trinajstić information content (AvgIpc) is 2.93. The van der Waals surface area contributed by atoms with Gasteiger partial charge in [0, 0.05) is 42.8 Å². The summed E-state index contributed by atoms with van der Waals surface area (Å²) < 4.78 is 6.68. The topological polar surface area (TPSA) is 91.4 Å². The lowest BCUT2D eigenvalue weighted by atomic mass is 9.92. The molecule has 206 valence electrons. The number of hydrogen-bond donors (Lipinski definition) is 3. The van der Waals surface area contributed by atoms with Crippen LogP contribution in [0.2, 0.25) is 0 Å². The Bertz CT molecular complexity index is 1460. The minimum Gasteiger partial charge on any atom is -0.497 e. The zero-order valence-electron chi connectivity index (χ0n) is 23.2. The zero-order valence-corrected chi connectivity index (χ0v) is 23.2. The van der Waals surface area contributed by atoms with Crippen molar-refractivity contribution in [3.8, 4) is 5.75 Å². The summed E-state index contributed by atoms with van der Waals surface area (Å²) in [6, 6.07) is 13.8. The number of methoxy groups -OCH3 is 1. The van der Waals surface area contributed by atoms with Gasteiger partial charge in [-0.15, -0.1) is 0 Å². The monoisotopic (exact) mass is 529 g/mol. The number of aromatic nitrogens is 2. The second-order valence-corrected chi connectivity index (χ2v) is 10.6. The van der Waals surface area contributed by atoms with Crippen molar-refractivity contribution in [1.29, 1.82) is 0 Å². The highest BCUT2D eigenvalue weighted by atomic mass is 16.5. The van der Waals surface area contributed by atoms with Crippen LogP contribution < -0.4 is 26.6 Å². The maximum atomic E-state index is 12.7. The Balaban J connectivity index is 1.09. The maximum Gasteiger partial charge on any atom is 0.329 e. The number of rotatable bonds is 10. The molecule has 0 aliphatic carbocycles. The lowest BCUT2D eigenvalue weighted by Crippen LogP contribution is -2.36. The molecular formula is C31H39N5O3. The molecule has 0 fully saturated rings. The minimum absolute atomic E-state index is 0.277. The van der Waals surface area contributed by atoms with Crippen LogP contribution in [0.5, 0.6) is 5.75 Å². The maximum absolute atomic E-state index is 12.7. The first-order valence-corrected chi connectivity index (χ1v) is 14.0. The van der Waals surface area contributed by atoms with E-state index in [4.69, 9.17) is 4.74 Å². The fraction of sp³-hybridized carbons (Fsp3) is 0.419. The molecule has 3 heterocycles. The van der Waals surface area contributed by atoms with Gasteiger partial charge in [-0.3, -0.25) is 19.2 Å². The highest BCUT2D eigenvalue weighted by molar-refractivity contribution is 5.63. The van der Waals surface area contributed by atoms with Crippen molar-refractivity contribution in [2.75, 3.05) is 37.4 Å². The number of hydrogen-bond acceptors (Lipinski definition) is 6. The lowest BCUT2D eigenvalue weighted by Gasteiger charge is -2.35. The number of unbranched alkanes of at least 4 members (excludes halogenated alkanes) is 2. The highest BCUT2D eigenvalue weighted by Crippen LogP contribution is 2.34. The predicted octanol–water partition coefficient (Wildman–Crippen LogP) is 4.96. The van der Waals surface area contributed by atoms with Gasteiger partial charge in [0.1, 0.15) is 11.6 Å². The molecule has 8 heteroatoms. The standard InChI is InChI=1S/C31H39N5O3/c1-4-22-17-25(9-8-21(22)2)32-29-19-30(37)36(31(38)34-29)14-7-5-6-13-35-15-12-23-16-24-18-26(39-3)10-11-27(24)33-28(23)20-35/h8-11,17-19,32-33H,4-7,12-16,20H2,1-3H3,(H,34,38). The molecule has 2 aromatic carbocycles. The van der Waals surface area contributed by atoms with E-state index in [0.717, 1.165) is 69.6 Å². The first-order chi connectivity index (χ1) is 18.9. The second kappa shape index (κ2) is 11.9. The van der Waals surface area contributed by atoms with Crippen LogP contribution in [-0.2, 0) is 19.4 Å². The molecule has 5 rings (SSSR count). The Labute approximate surface area is 229 Å². The third kappa shape index (κ3) is 6.28. The van der Waals surface area contributed by atoms with Crippen molar-refractivity contribution in [2.45, 2.75) is 58.9 Å². The van der Waals surface area contributed by atoms with Crippen molar-refractivity contribution in [1.82, 2.24) is 14.5 Å². The quantitative estimate of drug-likeness (QED) is 0.322.